The van der Waals surface area contributed by atoms with E-state index < -0.39 is 0 Å². The number of rotatable bonds is 3. The SMILES string of the molecule is Cc1c(O)c(C2CCCCC2)c(-c2ccc(N(C)C)cc2)[nH]c1=O. The highest BCUT2D eigenvalue weighted by molar-refractivity contribution is 5.69. The van der Waals surface area contributed by atoms with Crippen LogP contribution in [0, 0.1) is 6.92 Å². The minimum absolute atomic E-state index is 0.178. The lowest BCUT2D eigenvalue weighted by Gasteiger charge is -2.26. The molecule has 0 unspecified atom stereocenters. The molecule has 1 aromatic heterocycles. The van der Waals surface area contributed by atoms with Crippen molar-refractivity contribution >= 4 is 5.69 Å². The second-order valence-electron chi connectivity index (χ2n) is 6.99. The van der Waals surface area contributed by atoms with E-state index in [1.807, 2.05) is 43.3 Å². The fourth-order valence-electron chi connectivity index (χ4n) is 3.65. The van der Waals surface area contributed by atoms with Crippen LogP contribution >= 0.6 is 0 Å². The number of nitrogens with zero attached hydrogens (tertiary/aromatic N) is 1. The molecule has 0 aliphatic heterocycles. The molecule has 4 nitrogen and oxygen atoms in total. The van der Waals surface area contributed by atoms with E-state index in [1.165, 1.54) is 19.3 Å². The molecule has 24 heavy (non-hydrogen) atoms. The van der Waals surface area contributed by atoms with E-state index in [0.29, 0.717) is 11.5 Å². The Labute approximate surface area is 143 Å². The van der Waals surface area contributed by atoms with Crippen molar-refractivity contribution in [2.45, 2.75) is 44.9 Å². The smallest absolute Gasteiger partial charge is 0.255 e. The Hall–Kier alpha value is -2.23. The van der Waals surface area contributed by atoms with Crippen LogP contribution in [0.1, 0.15) is 49.1 Å². The van der Waals surface area contributed by atoms with Gasteiger partial charge >= 0.3 is 0 Å². The van der Waals surface area contributed by atoms with Gasteiger partial charge < -0.3 is 15.0 Å². The number of aromatic hydroxyl groups is 1. The van der Waals surface area contributed by atoms with Gasteiger partial charge in [0.1, 0.15) is 5.75 Å². The summed E-state index contributed by atoms with van der Waals surface area (Å²) in [6.07, 6.45) is 5.76. The topological polar surface area (TPSA) is 56.3 Å². The minimum atomic E-state index is -0.209. The molecule has 2 aromatic rings. The summed E-state index contributed by atoms with van der Waals surface area (Å²) >= 11 is 0. The molecule has 1 aliphatic carbocycles. The predicted octanol–water partition coefficient (Wildman–Crippen LogP) is 4.17. The first kappa shape index (κ1) is 16.6. The summed E-state index contributed by atoms with van der Waals surface area (Å²) in [4.78, 5) is 17.3. The molecule has 1 fully saturated rings. The van der Waals surface area contributed by atoms with Crippen LogP contribution < -0.4 is 10.5 Å². The van der Waals surface area contributed by atoms with Crippen LogP contribution in [0.3, 0.4) is 0 Å². The average Bonchev–Trinajstić information content (AvgIpc) is 2.60. The van der Waals surface area contributed by atoms with Gasteiger partial charge in [0.15, 0.2) is 0 Å². The third kappa shape index (κ3) is 3.05. The number of aromatic nitrogens is 1. The highest BCUT2D eigenvalue weighted by Gasteiger charge is 2.25. The first-order chi connectivity index (χ1) is 11.5. The van der Waals surface area contributed by atoms with Gasteiger partial charge in [0, 0.05) is 25.3 Å². The number of nitrogens with one attached hydrogen (secondary N) is 1. The summed E-state index contributed by atoms with van der Waals surface area (Å²) in [5.41, 5.74) is 3.97. The molecule has 1 heterocycles. The van der Waals surface area contributed by atoms with E-state index in [1.54, 1.807) is 6.92 Å². The molecule has 2 N–H and O–H groups in total. The molecule has 0 radical (unpaired) electrons. The van der Waals surface area contributed by atoms with E-state index in [4.69, 9.17) is 0 Å². The molecule has 0 saturated heterocycles. The van der Waals surface area contributed by atoms with Gasteiger partial charge in [-0.1, -0.05) is 31.4 Å². The summed E-state index contributed by atoms with van der Waals surface area (Å²) in [6.45, 7) is 1.69. The number of hydrogen-bond acceptors (Lipinski definition) is 3. The fraction of sp³-hybridized carbons (Fsp3) is 0.450. The number of anilines is 1. The molecule has 0 atom stereocenters. The third-order valence-electron chi connectivity index (χ3n) is 5.14. The zero-order chi connectivity index (χ0) is 17.3. The highest BCUT2D eigenvalue weighted by Crippen LogP contribution is 2.42. The second-order valence-corrected chi connectivity index (χ2v) is 6.99. The quantitative estimate of drug-likeness (QED) is 0.890. The Morgan fingerprint density at radius 3 is 2.29 bits per heavy atom. The van der Waals surface area contributed by atoms with Gasteiger partial charge in [0.25, 0.3) is 5.56 Å². The van der Waals surface area contributed by atoms with Gasteiger partial charge in [0.05, 0.1) is 11.3 Å². The molecule has 4 heteroatoms. The van der Waals surface area contributed by atoms with E-state index >= 15 is 0 Å². The van der Waals surface area contributed by atoms with E-state index in [9.17, 15) is 9.90 Å². The standard InChI is InChI=1S/C20H26N2O2/c1-13-19(23)17(14-7-5-4-6-8-14)18(21-20(13)24)15-9-11-16(12-10-15)22(2)3/h9-12,14H,4-8H2,1-3H3,(H2,21,23,24). The predicted molar refractivity (Wildman–Crippen MR) is 99.1 cm³/mol. The zero-order valence-electron chi connectivity index (χ0n) is 14.7. The lowest BCUT2D eigenvalue weighted by atomic mass is 9.81. The second kappa shape index (κ2) is 6.71. The molecule has 1 aliphatic rings. The van der Waals surface area contributed by atoms with Crippen LogP contribution in [0.5, 0.6) is 5.75 Å². The molecule has 1 aromatic carbocycles. The molecule has 0 spiro atoms. The summed E-state index contributed by atoms with van der Waals surface area (Å²) in [6, 6.07) is 8.10. The largest absolute Gasteiger partial charge is 0.507 e. The number of benzene rings is 1. The van der Waals surface area contributed by atoms with Gasteiger partial charge in [0.2, 0.25) is 0 Å². The van der Waals surface area contributed by atoms with Crippen molar-refractivity contribution in [1.29, 1.82) is 0 Å². The van der Waals surface area contributed by atoms with Crippen LogP contribution in [0.2, 0.25) is 0 Å². The van der Waals surface area contributed by atoms with Crippen molar-refractivity contribution in [3.8, 4) is 17.0 Å². The maximum atomic E-state index is 12.2. The zero-order valence-corrected chi connectivity index (χ0v) is 14.7. The first-order valence-corrected chi connectivity index (χ1v) is 8.72. The third-order valence-corrected chi connectivity index (χ3v) is 5.14. The average molecular weight is 326 g/mol. The van der Waals surface area contributed by atoms with Gasteiger partial charge in [-0.25, -0.2) is 0 Å². The number of H-pyrrole nitrogens is 1. The lowest BCUT2D eigenvalue weighted by molar-refractivity contribution is 0.411. The highest BCUT2D eigenvalue weighted by atomic mass is 16.3. The van der Waals surface area contributed by atoms with E-state index in [-0.39, 0.29) is 11.3 Å². The maximum Gasteiger partial charge on any atom is 0.255 e. The van der Waals surface area contributed by atoms with Gasteiger partial charge in [-0.15, -0.1) is 0 Å². The Morgan fingerprint density at radius 2 is 1.71 bits per heavy atom. The summed E-state index contributed by atoms with van der Waals surface area (Å²) in [7, 11) is 4.00. The van der Waals surface area contributed by atoms with Crippen molar-refractivity contribution in [2.75, 3.05) is 19.0 Å². The maximum absolute atomic E-state index is 12.2. The van der Waals surface area contributed by atoms with Crippen molar-refractivity contribution in [2.24, 2.45) is 0 Å². The molecule has 3 rings (SSSR count). The Morgan fingerprint density at radius 1 is 1.08 bits per heavy atom. The lowest BCUT2D eigenvalue weighted by Crippen LogP contribution is -2.16. The molecular weight excluding hydrogens is 300 g/mol. The monoisotopic (exact) mass is 326 g/mol. The van der Waals surface area contributed by atoms with Gasteiger partial charge in [-0.3, -0.25) is 4.79 Å². The molecule has 0 bridgehead atoms. The van der Waals surface area contributed by atoms with Crippen LogP contribution in [-0.4, -0.2) is 24.2 Å². The van der Waals surface area contributed by atoms with Crippen molar-refractivity contribution in [3.63, 3.8) is 0 Å². The van der Waals surface area contributed by atoms with E-state index in [2.05, 4.69) is 4.98 Å². The van der Waals surface area contributed by atoms with Crippen LogP contribution in [0.4, 0.5) is 5.69 Å². The normalized spacial score (nSPS) is 15.5. The summed E-state index contributed by atoms with van der Waals surface area (Å²) in [5.74, 6) is 0.496. The summed E-state index contributed by atoms with van der Waals surface area (Å²) in [5, 5.41) is 10.7. The Bertz CT molecular complexity index is 769. The first-order valence-electron chi connectivity index (χ1n) is 8.72. The number of hydrogen-bond donors (Lipinski definition) is 2. The van der Waals surface area contributed by atoms with Crippen molar-refractivity contribution in [1.82, 2.24) is 4.98 Å². The molecule has 1 saturated carbocycles. The van der Waals surface area contributed by atoms with E-state index in [0.717, 1.165) is 35.3 Å². The minimum Gasteiger partial charge on any atom is -0.507 e. The Balaban J connectivity index is 2.13. The number of aromatic amines is 1. The van der Waals surface area contributed by atoms with Crippen molar-refractivity contribution in [3.05, 3.63) is 45.7 Å². The fourth-order valence-corrected chi connectivity index (χ4v) is 3.65. The Kier molecular flexibility index (Phi) is 4.65. The molecule has 0 amide bonds. The van der Waals surface area contributed by atoms with Gasteiger partial charge in [-0.2, -0.15) is 0 Å². The molecular formula is C20H26N2O2. The van der Waals surface area contributed by atoms with Crippen LogP contribution in [0.15, 0.2) is 29.1 Å². The molecule has 128 valence electrons. The van der Waals surface area contributed by atoms with Crippen molar-refractivity contribution < 1.29 is 5.11 Å². The van der Waals surface area contributed by atoms with Crippen LogP contribution in [0.25, 0.3) is 11.3 Å². The summed E-state index contributed by atoms with van der Waals surface area (Å²) < 4.78 is 0. The van der Waals surface area contributed by atoms with Crippen LogP contribution in [-0.2, 0) is 0 Å². The van der Waals surface area contributed by atoms with Gasteiger partial charge in [-0.05, 0) is 43.4 Å². The number of pyridine rings is 1.